The van der Waals surface area contributed by atoms with Gasteiger partial charge in [-0.05, 0) is 29.8 Å². The van der Waals surface area contributed by atoms with Crippen molar-refractivity contribution >= 4 is 24.5 Å². The topological polar surface area (TPSA) is 73.6 Å². The van der Waals surface area contributed by atoms with Crippen LogP contribution in [0.25, 0.3) is 6.08 Å². The summed E-state index contributed by atoms with van der Waals surface area (Å²) in [5.74, 6) is 0.481. The molecule has 0 radical (unpaired) electrons. The zero-order valence-corrected chi connectivity index (χ0v) is 16.6. The number of benzene rings is 2. The molecule has 6 nitrogen and oxygen atoms in total. The molecule has 0 aliphatic carbocycles. The molecule has 1 heterocycles. The van der Waals surface area contributed by atoms with Gasteiger partial charge >= 0.3 is 5.97 Å². The van der Waals surface area contributed by atoms with Crippen molar-refractivity contribution in [1.82, 2.24) is 9.55 Å². The van der Waals surface area contributed by atoms with Crippen molar-refractivity contribution < 1.29 is 19.4 Å². The molecule has 0 aliphatic rings. The van der Waals surface area contributed by atoms with Crippen molar-refractivity contribution in [3.05, 3.63) is 84.5 Å². The van der Waals surface area contributed by atoms with E-state index >= 15 is 0 Å². The van der Waals surface area contributed by atoms with Crippen LogP contribution in [-0.4, -0.2) is 33.8 Å². The molecule has 3 aromatic rings. The highest BCUT2D eigenvalue weighted by Gasteiger charge is 2.05. The summed E-state index contributed by atoms with van der Waals surface area (Å²) in [6.07, 6.45) is 8.73. The van der Waals surface area contributed by atoms with Crippen molar-refractivity contribution in [1.29, 1.82) is 0 Å². The Bertz CT molecular complexity index is 912. The van der Waals surface area contributed by atoms with Gasteiger partial charge in [0.15, 0.2) is 0 Å². The molecule has 3 rings (SSSR count). The SMILES string of the molecule is Cl.O=C(O)C=Cc1ccc(Cn2ccnc2)cc1OCCCOc1ccccc1. The normalized spacial score (nSPS) is 10.5. The summed E-state index contributed by atoms with van der Waals surface area (Å²) in [5.41, 5.74) is 1.77. The van der Waals surface area contributed by atoms with Crippen LogP contribution in [0.1, 0.15) is 17.5 Å². The fourth-order valence-electron chi connectivity index (χ4n) is 2.64. The second-order valence-electron chi connectivity index (χ2n) is 6.14. The molecule has 0 saturated carbocycles. The highest BCUT2D eigenvalue weighted by atomic mass is 35.5. The predicted octanol–water partition coefficient (Wildman–Crippen LogP) is 4.30. The summed E-state index contributed by atoms with van der Waals surface area (Å²) >= 11 is 0. The number of carbonyl (C=O) groups is 1. The highest BCUT2D eigenvalue weighted by molar-refractivity contribution is 5.86. The van der Waals surface area contributed by atoms with Crippen molar-refractivity contribution in [2.45, 2.75) is 13.0 Å². The molecule has 0 fully saturated rings. The van der Waals surface area contributed by atoms with E-state index in [1.807, 2.05) is 59.3 Å². The number of aliphatic carboxylic acids is 1. The van der Waals surface area contributed by atoms with Crippen LogP contribution in [0.4, 0.5) is 0 Å². The van der Waals surface area contributed by atoms with Crippen molar-refractivity contribution in [2.24, 2.45) is 0 Å². The molecule has 1 aromatic heterocycles. The van der Waals surface area contributed by atoms with Gasteiger partial charge in [-0.1, -0.05) is 30.3 Å². The van der Waals surface area contributed by atoms with Gasteiger partial charge in [0.05, 0.1) is 19.5 Å². The van der Waals surface area contributed by atoms with Gasteiger partial charge in [0, 0.05) is 37.0 Å². The highest BCUT2D eigenvalue weighted by Crippen LogP contribution is 2.23. The molecule has 152 valence electrons. The number of rotatable bonds is 10. The molecule has 0 unspecified atom stereocenters. The molecule has 7 heteroatoms. The number of ether oxygens (including phenoxy) is 2. The second-order valence-corrected chi connectivity index (χ2v) is 6.14. The number of nitrogens with zero attached hydrogens (tertiary/aromatic N) is 2. The van der Waals surface area contributed by atoms with Crippen molar-refractivity contribution in [3.63, 3.8) is 0 Å². The largest absolute Gasteiger partial charge is 0.493 e. The van der Waals surface area contributed by atoms with E-state index in [1.165, 1.54) is 0 Å². The lowest BCUT2D eigenvalue weighted by molar-refractivity contribution is -0.131. The van der Waals surface area contributed by atoms with E-state index in [9.17, 15) is 4.79 Å². The minimum absolute atomic E-state index is 0. The fraction of sp³-hybridized carbons (Fsp3) is 0.182. The summed E-state index contributed by atoms with van der Waals surface area (Å²) < 4.78 is 13.5. The Morgan fingerprint density at radius 2 is 1.90 bits per heavy atom. The first kappa shape index (κ1) is 22.0. The Morgan fingerprint density at radius 3 is 2.62 bits per heavy atom. The first-order valence-corrected chi connectivity index (χ1v) is 9.01. The smallest absolute Gasteiger partial charge is 0.328 e. The second kappa shape index (κ2) is 11.6. The third-order valence-electron chi connectivity index (χ3n) is 3.97. The Morgan fingerprint density at radius 1 is 1.10 bits per heavy atom. The van der Waals surface area contributed by atoms with E-state index in [-0.39, 0.29) is 12.4 Å². The maximum Gasteiger partial charge on any atom is 0.328 e. The van der Waals surface area contributed by atoms with Crippen molar-refractivity contribution in [3.8, 4) is 11.5 Å². The molecule has 0 saturated heterocycles. The van der Waals surface area contributed by atoms with Gasteiger partial charge in [-0.15, -0.1) is 12.4 Å². The lowest BCUT2D eigenvalue weighted by atomic mass is 10.1. The third-order valence-corrected chi connectivity index (χ3v) is 3.97. The Kier molecular flexibility index (Phi) is 8.79. The summed E-state index contributed by atoms with van der Waals surface area (Å²) in [6.45, 7) is 1.67. The number of hydrogen-bond donors (Lipinski definition) is 1. The predicted molar refractivity (Wildman–Crippen MR) is 114 cm³/mol. The van der Waals surface area contributed by atoms with Crippen LogP contribution in [0.15, 0.2) is 73.3 Å². The van der Waals surface area contributed by atoms with Crippen LogP contribution in [-0.2, 0) is 11.3 Å². The zero-order valence-electron chi connectivity index (χ0n) is 15.8. The Labute approximate surface area is 175 Å². The third kappa shape index (κ3) is 7.35. The monoisotopic (exact) mass is 414 g/mol. The number of hydrogen-bond acceptors (Lipinski definition) is 4. The van der Waals surface area contributed by atoms with Crippen LogP contribution in [0.3, 0.4) is 0 Å². The van der Waals surface area contributed by atoms with Gasteiger partial charge in [-0.3, -0.25) is 0 Å². The standard InChI is InChI=1S/C22H22N2O4.ClH/c25-22(26)10-9-19-8-7-18(16-24-12-11-23-17-24)15-21(19)28-14-4-13-27-20-5-2-1-3-6-20;/h1-3,5-12,15,17H,4,13-14,16H2,(H,25,26);1H. The molecular formula is C22H23ClN2O4. The maximum atomic E-state index is 10.8. The fourth-order valence-corrected chi connectivity index (χ4v) is 2.64. The molecule has 0 atom stereocenters. The maximum absolute atomic E-state index is 10.8. The molecule has 0 bridgehead atoms. The van der Waals surface area contributed by atoms with Crippen LogP contribution in [0, 0.1) is 0 Å². The molecule has 1 N–H and O–H groups in total. The van der Waals surface area contributed by atoms with E-state index in [2.05, 4.69) is 4.98 Å². The average molecular weight is 415 g/mol. The van der Waals surface area contributed by atoms with E-state index < -0.39 is 5.97 Å². The van der Waals surface area contributed by atoms with Crippen LogP contribution >= 0.6 is 12.4 Å². The Balaban J connectivity index is 0.00000300. The first-order valence-electron chi connectivity index (χ1n) is 9.01. The number of imidazole rings is 1. The minimum atomic E-state index is -0.996. The number of para-hydroxylation sites is 1. The van der Waals surface area contributed by atoms with Crippen molar-refractivity contribution in [2.75, 3.05) is 13.2 Å². The van der Waals surface area contributed by atoms with Crippen LogP contribution in [0.2, 0.25) is 0 Å². The van der Waals surface area contributed by atoms with E-state index in [1.54, 1.807) is 18.6 Å². The van der Waals surface area contributed by atoms with Crippen LogP contribution in [0.5, 0.6) is 11.5 Å². The van der Waals surface area contributed by atoms with E-state index in [0.717, 1.165) is 23.0 Å². The lowest BCUT2D eigenvalue weighted by Crippen LogP contribution is -2.06. The zero-order chi connectivity index (χ0) is 19.6. The van der Waals surface area contributed by atoms with Gasteiger partial charge < -0.3 is 19.1 Å². The van der Waals surface area contributed by atoms with Gasteiger partial charge in [-0.25, -0.2) is 9.78 Å². The molecule has 2 aromatic carbocycles. The first-order chi connectivity index (χ1) is 13.7. The molecule has 0 spiro atoms. The minimum Gasteiger partial charge on any atom is -0.493 e. The number of aromatic nitrogens is 2. The van der Waals surface area contributed by atoms with Crippen LogP contribution < -0.4 is 9.47 Å². The number of carboxylic acids is 1. The van der Waals surface area contributed by atoms with Gasteiger partial charge in [0.2, 0.25) is 0 Å². The van der Waals surface area contributed by atoms with E-state index in [0.29, 0.717) is 31.9 Å². The van der Waals surface area contributed by atoms with Gasteiger partial charge in [0.25, 0.3) is 0 Å². The summed E-state index contributed by atoms with van der Waals surface area (Å²) in [6, 6.07) is 15.4. The molecule has 29 heavy (non-hydrogen) atoms. The number of halogens is 1. The number of carboxylic acid groups (broad SMARTS) is 1. The summed E-state index contributed by atoms with van der Waals surface area (Å²) in [5, 5.41) is 8.89. The molecule has 0 aliphatic heterocycles. The van der Waals surface area contributed by atoms with Gasteiger partial charge in [-0.2, -0.15) is 0 Å². The Hall–Kier alpha value is -3.25. The average Bonchev–Trinajstić information content (AvgIpc) is 3.21. The summed E-state index contributed by atoms with van der Waals surface area (Å²) in [4.78, 5) is 14.9. The lowest BCUT2D eigenvalue weighted by Gasteiger charge is -2.12. The molecule has 0 amide bonds. The quantitative estimate of drug-likeness (QED) is 0.395. The van der Waals surface area contributed by atoms with E-state index in [4.69, 9.17) is 14.6 Å². The van der Waals surface area contributed by atoms with Gasteiger partial charge in [0.1, 0.15) is 11.5 Å². The summed E-state index contributed by atoms with van der Waals surface area (Å²) in [7, 11) is 0. The molecular weight excluding hydrogens is 392 g/mol.